The molecule has 0 saturated carbocycles. The van der Waals surface area contributed by atoms with Crippen LogP contribution in [0.5, 0.6) is 0 Å². The first-order valence-electron chi connectivity index (χ1n) is 3.81. The van der Waals surface area contributed by atoms with Gasteiger partial charge in [0.1, 0.15) is 11.6 Å². The maximum atomic E-state index is 12.3. The normalized spacial score (nSPS) is 10.7. The minimum absolute atomic E-state index is 0.422. The molecule has 0 aliphatic carbocycles. The SMILES string of the molecule is O=C(O)Cn1cc(C(F)F)cc(Cl)c1=O. The molecule has 0 spiro atoms. The first-order valence-corrected chi connectivity index (χ1v) is 4.19. The summed E-state index contributed by atoms with van der Waals surface area (Å²) in [6.45, 7) is -0.695. The van der Waals surface area contributed by atoms with Crippen molar-refractivity contribution in [1.29, 1.82) is 0 Å². The lowest BCUT2D eigenvalue weighted by Crippen LogP contribution is -2.24. The van der Waals surface area contributed by atoms with Crippen molar-refractivity contribution < 1.29 is 18.7 Å². The summed E-state index contributed by atoms with van der Waals surface area (Å²) in [4.78, 5) is 21.5. The van der Waals surface area contributed by atoms with Gasteiger partial charge in [0.2, 0.25) is 0 Å². The second-order valence-corrected chi connectivity index (χ2v) is 3.16. The van der Waals surface area contributed by atoms with E-state index in [0.29, 0.717) is 4.57 Å². The van der Waals surface area contributed by atoms with Crippen LogP contribution in [-0.2, 0) is 11.3 Å². The van der Waals surface area contributed by atoms with Crippen molar-refractivity contribution in [3.63, 3.8) is 0 Å². The third-order valence-electron chi connectivity index (χ3n) is 1.62. The highest BCUT2D eigenvalue weighted by Crippen LogP contribution is 2.19. The number of pyridine rings is 1. The molecule has 7 heteroatoms. The number of halogens is 3. The van der Waals surface area contributed by atoms with Gasteiger partial charge in [-0.3, -0.25) is 9.59 Å². The summed E-state index contributed by atoms with van der Waals surface area (Å²) in [7, 11) is 0. The van der Waals surface area contributed by atoms with Gasteiger partial charge in [-0.25, -0.2) is 8.78 Å². The summed E-state index contributed by atoms with van der Waals surface area (Å²) >= 11 is 5.39. The highest BCUT2D eigenvalue weighted by molar-refractivity contribution is 6.30. The van der Waals surface area contributed by atoms with E-state index < -0.39 is 35.1 Å². The van der Waals surface area contributed by atoms with Crippen LogP contribution < -0.4 is 5.56 Å². The predicted molar refractivity (Wildman–Crippen MR) is 48.3 cm³/mol. The first kappa shape index (κ1) is 11.6. The number of alkyl halides is 2. The van der Waals surface area contributed by atoms with Crippen molar-refractivity contribution in [3.05, 3.63) is 33.2 Å². The molecule has 1 heterocycles. The van der Waals surface area contributed by atoms with Crippen molar-refractivity contribution in [3.8, 4) is 0 Å². The Morgan fingerprint density at radius 3 is 2.67 bits per heavy atom. The van der Waals surface area contributed by atoms with Crippen LogP contribution in [0, 0.1) is 0 Å². The van der Waals surface area contributed by atoms with Crippen LogP contribution in [0.15, 0.2) is 17.1 Å². The Morgan fingerprint density at radius 1 is 1.60 bits per heavy atom. The largest absolute Gasteiger partial charge is 0.480 e. The van der Waals surface area contributed by atoms with Gasteiger partial charge in [-0.1, -0.05) is 11.6 Å². The second-order valence-electron chi connectivity index (χ2n) is 2.75. The predicted octanol–water partition coefficient (Wildman–Crippen LogP) is 1.52. The Balaban J connectivity index is 3.25. The fourth-order valence-electron chi connectivity index (χ4n) is 1.00. The Labute approximate surface area is 87.7 Å². The average Bonchev–Trinajstić information content (AvgIpc) is 2.11. The minimum atomic E-state index is -2.80. The molecule has 0 radical (unpaired) electrons. The monoisotopic (exact) mass is 237 g/mol. The molecule has 0 aliphatic heterocycles. The number of rotatable bonds is 3. The van der Waals surface area contributed by atoms with Crippen LogP contribution >= 0.6 is 11.6 Å². The molecule has 4 nitrogen and oxygen atoms in total. The number of aliphatic carboxylic acids is 1. The third-order valence-corrected chi connectivity index (χ3v) is 1.89. The molecule has 1 rings (SSSR count). The van der Waals surface area contributed by atoms with Gasteiger partial charge >= 0.3 is 5.97 Å². The summed E-state index contributed by atoms with van der Waals surface area (Å²) in [6.07, 6.45) is -2.02. The van der Waals surface area contributed by atoms with Crippen LogP contribution in [0.3, 0.4) is 0 Å². The number of carboxylic acids is 1. The van der Waals surface area contributed by atoms with Gasteiger partial charge in [0, 0.05) is 11.8 Å². The first-order chi connectivity index (χ1) is 6.91. The van der Waals surface area contributed by atoms with E-state index in [9.17, 15) is 18.4 Å². The molecule has 0 aromatic carbocycles. The number of carbonyl (C=O) groups is 1. The molecule has 0 atom stereocenters. The molecular weight excluding hydrogens is 232 g/mol. The number of aromatic nitrogens is 1. The molecule has 1 N–H and O–H groups in total. The van der Waals surface area contributed by atoms with Crippen LogP contribution in [0.2, 0.25) is 5.02 Å². The molecule has 0 bridgehead atoms. The smallest absolute Gasteiger partial charge is 0.323 e. The van der Waals surface area contributed by atoms with Crippen LogP contribution in [0.25, 0.3) is 0 Å². The van der Waals surface area contributed by atoms with Gasteiger partial charge in [-0.05, 0) is 6.07 Å². The average molecular weight is 238 g/mol. The maximum absolute atomic E-state index is 12.3. The van der Waals surface area contributed by atoms with Crippen molar-refractivity contribution in [2.75, 3.05) is 0 Å². The van der Waals surface area contributed by atoms with Gasteiger partial charge in [0.05, 0.1) is 0 Å². The summed E-state index contributed by atoms with van der Waals surface area (Å²) in [5.74, 6) is -1.31. The Bertz CT molecular complexity index is 444. The van der Waals surface area contributed by atoms with E-state index in [1.165, 1.54) is 0 Å². The summed E-state index contributed by atoms with van der Waals surface area (Å²) in [5.41, 5.74) is -1.29. The van der Waals surface area contributed by atoms with Gasteiger partial charge in [0.25, 0.3) is 12.0 Å². The maximum Gasteiger partial charge on any atom is 0.323 e. The van der Waals surface area contributed by atoms with E-state index in [2.05, 4.69) is 0 Å². The summed E-state index contributed by atoms with van der Waals surface area (Å²) < 4.78 is 25.2. The van der Waals surface area contributed by atoms with E-state index in [0.717, 1.165) is 12.3 Å². The Kier molecular flexibility index (Phi) is 3.41. The van der Waals surface area contributed by atoms with E-state index in [1.807, 2.05) is 0 Å². The molecule has 15 heavy (non-hydrogen) atoms. The highest BCUT2D eigenvalue weighted by atomic mass is 35.5. The van der Waals surface area contributed by atoms with Crippen LogP contribution in [0.4, 0.5) is 8.78 Å². The molecule has 0 unspecified atom stereocenters. The molecule has 0 fully saturated rings. The molecule has 82 valence electrons. The standard InChI is InChI=1S/C8H6ClF2NO3/c9-5-1-4(7(10)11)2-12(8(5)15)3-6(13)14/h1-2,7H,3H2,(H,13,14). The van der Waals surface area contributed by atoms with Gasteiger partial charge < -0.3 is 9.67 Å². The second kappa shape index (κ2) is 4.39. The van der Waals surface area contributed by atoms with E-state index >= 15 is 0 Å². The summed E-state index contributed by atoms with van der Waals surface area (Å²) in [6, 6.07) is 0.826. The van der Waals surface area contributed by atoms with Crippen molar-refractivity contribution >= 4 is 17.6 Å². The minimum Gasteiger partial charge on any atom is -0.480 e. The third kappa shape index (κ3) is 2.76. The van der Waals surface area contributed by atoms with Crippen LogP contribution in [0.1, 0.15) is 12.0 Å². The zero-order chi connectivity index (χ0) is 11.6. The van der Waals surface area contributed by atoms with Crippen LogP contribution in [-0.4, -0.2) is 15.6 Å². The van der Waals surface area contributed by atoms with Crippen molar-refractivity contribution in [2.24, 2.45) is 0 Å². The molecule has 0 aliphatic rings. The highest BCUT2D eigenvalue weighted by Gasteiger charge is 2.13. The lowest BCUT2D eigenvalue weighted by atomic mass is 10.3. The quantitative estimate of drug-likeness (QED) is 0.867. The topological polar surface area (TPSA) is 59.3 Å². The number of hydrogen-bond donors (Lipinski definition) is 1. The molecule has 0 saturated heterocycles. The Morgan fingerprint density at radius 2 is 2.20 bits per heavy atom. The molecule has 1 aromatic rings. The molecular formula is C8H6ClF2NO3. The number of carboxylic acid groups (broad SMARTS) is 1. The van der Waals surface area contributed by atoms with Crippen molar-refractivity contribution in [1.82, 2.24) is 4.57 Å². The van der Waals surface area contributed by atoms with E-state index in [-0.39, 0.29) is 0 Å². The summed E-state index contributed by atoms with van der Waals surface area (Å²) in [5, 5.41) is 8.00. The molecule has 0 amide bonds. The van der Waals surface area contributed by atoms with Gasteiger partial charge in [-0.2, -0.15) is 0 Å². The lowest BCUT2D eigenvalue weighted by molar-refractivity contribution is -0.137. The van der Waals surface area contributed by atoms with E-state index in [4.69, 9.17) is 16.7 Å². The van der Waals surface area contributed by atoms with E-state index in [1.54, 1.807) is 0 Å². The number of hydrogen-bond acceptors (Lipinski definition) is 2. The molecule has 1 aromatic heterocycles. The zero-order valence-corrected chi connectivity index (χ0v) is 8.04. The van der Waals surface area contributed by atoms with Gasteiger partial charge in [-0.15, -0.1) is 0 Å². The fraction of sp³-hybridized carbons (Fsp3) is 0.250. The zero-order valence-electron chi connectivity index (χ0n) is 7.28. The number of nitrogens with zero attached hydrogens (tertiary/aromatic N) is 1. The fourth-order valence-corrected chi connectivity index (χ4v) is 1.24. The van der Waals surface area contributed by atoms with Gasteiger partial charge in [0.15, 0.2) is 0 Å². The Hall–Kier alpha value is -1.43. The lowest BCUT2D eigenvalue weighted by Gasteiger charge is -2.06. The van der Waals surface area contributed by atoms with Crippen molar-refractivity contribution in [2.45, 2.75) is 13.0 Å².